The minimum Gasteiger partial charge on any atom is -0.508 e. The first kappa shape index (κ1) is 11.4. The van der Waals surface area contributed by atoms with Gasteiger partial charge in [-0.15, -0.1) is 0 Å². The van der Waals surface area contributed by atoms with Gasteiger partial charge in [0.2, 0.25) is 0 Å². The van der Waals surface area contributed by atoms with Gasteiger partial charge in [0, 0.05) is 17.0 Å². The summed E-state index contributed by atoms with van der Waals surface area (Å²) in [5.41, 5.74) is 7.25. The number of hydrogen-bond donors (Lipinski definition) is 2. The predicted molar refractivity (Wildman–Crippen MR) is 62.2 cm³/mol. The van der Waals surface area contributed by atoms with Crippen LogP contribution >= 0.6 is 0 Å². The minimum atomic E-state index is -1.01. The molecule has 1 aromatic carbocycles. The molecule has 1 aromatic rings. The Morgan fingerprint density at radius 3 is 2.44 bits per heavy atom. The summed E-state index contributed by atoms with van der Waals surface area (Å²) < 4.78 is 13.2. The zero-order chi connectivity index (χ0) is 11.9. The second kappa shape index (κ2) is 3.74. The van der Waals surface area contributed by atoms with Crippen molar-refractivity contribution in [2.75, 3.05) is 0 Å². The van der Waals surface area contributed by atoms with Crippen LogP contribution in [0, 0.1) is 0 Å². The van der Waals surface area contributed by atoms with Gasteiger partial charge in [-0.05, 0) is 44.4 Å². The fraction of sp³-hybridized carbons (Fsp3) is 0.538. The lowest BCUT2D eigenvalue weighted by Gasteiger charge is -2.22. The summed E-state index contributed by atoms with van der Waals surface area (Å²) in [6.07, 6.45) is 0.938. The van der Waals surface area contributed by atoms with Gasteiger partial charge < -0.3 is 10.8 Å². The van der Waals surface area contributed by atoms with Gasteiger partial charge in [0.15, 0.2) is 0 Å². The Kier molecular flexibility index (Phi) is 2.66. The Hall–Kier alpha value is -1.09. The number of halogens is 1. The number of alkyl halides is 1. The van der Waals surface area contributed by atoms with Crippen molar-refractivity contribution in [1.29, 1.82) is 0 Å². The highest BCUT2D eigenvalue weighted by Crippen LogP contribution is 2.53. The largest absolute Gasteiger partial charge is 0.508 e. The third kappa shape index (κ3) is 1.69. The Morgan fingerprint density at radius 1 is 1.38 bits per heavy atom. The Morgan fingerprint density at radius 2 is 2.00 bits per heavy atom. The van der Waals surface area contributed by atoms with Crippen LogP contribution in [-0.2, 0) is 5.41 Å². The fourth-order valence-electron chi connectivity index (χ4n) is 2.30. The van der Waals surface area contributed by atoms with E-state index >= 15 is 0 Å². The first-order valence-corrected chi connectivity index (χ1v) is 5.70. The quantitative estimate of drug-likeness (QED) is 0.827. The van der Waals surface area contributed by atoms with Crippen LogP contribution in [0.1, 0.15) is 44.0 Å². The smallest absolute Gasteiger partial charge is 0.122 e. The summed E-state index contributed by atoms with van der Waals surface area (Å²) in [4.78, 5) is 0. The topological polar surface area (TPSA) is 46.2 Å². The van der Waals surface area contributed by atoms with Gasteiger partial charge in [0.25, 0.3) is 0 Å². The molecule has 0 amide bonds. The molecule has 2 rings (SSSR count). The number of benzene rings is 1. The zero-order valence-electron chi connectivity index (χ0n) is 9.70. The Balaban J connectivity index is 2.44. The van der Waals surface area contributed by atoms with E-state index in [0.717, 1.165) is 18.4 Å². The van der Waals surface area contributed by atoms with Gasteiger partial charge in [0.05, 0.1) is 0 Å². The molecule has 1 aliphatic carbocycles. The summed E-state index contributed by atoms with van der Waals surface area (Å²) in [5.74, 6) is 0.235. The zero-order valence-corrected chi connectivity index (χ0v) is 9.70. The number of phenols is 1. The Labute approximate surface area is 95.3 Å². The average Bonchev–Trinajstić information content (AvgIpc) is 2.98. The lowest BCUT2D eigenvalue weighted by molar-refractivity contribution is 0.372. The molecule has 3 heteroatoms. The van der Waals surface area contributed by atoms with E-state index in [1.54, 1.807) is 18.2 Å². The van der Waals surface area contributed by atoms with Gasteiger partial charge in [-0.3, -0.25) is 0 Å². The molecule has 1 fully saturated rings. The van der Waals surface area contributed by atoms with E-state index in [4.69, 9.17) is 5.73 Å². The van der Waals surface area contributed by atoms with Crippen LogP contribution < -0.4 is 5.73 Å². The normalized spacial score (nSPS) is 21.5. The molecule has 0 bridgehead atoms. The lowest BCUT2D eigenvalue weighted by Crippen LogP contribution is -2.31. The van der Waals surface area contributed by atoms with Crippen molar-refractivity contribution in [1.82, 2.24) is 0 Å². The molecule has 3 N–H and O–H groups in total. The third-order valence-electron chi connectivity index (χ3n) is 3.68. The van der Waals surface area contributed by atoms with Gasteiger partial charge in [0.1, 0.15) is 11.9 Å². The van der Waals surface area contributed by atoms with Crippen molar-refractivity contribution in [3.8, 4) is 5.75 Å². The van der Waals surface area contributed by atoms with E-state index in [-0.39, 0.29) is 17.2 Å². The molecule has 88 valence electrons. The van der Waals surface area contributed by atoms with Crippen LogP contribution in [0.2, 0.25) is 0 Å². The van der Waals surface area contributed by atoms with Crippen molar-refractivity contribution in [3.05, 3.63) is 29.3 Å². The highest BCUT2D eigenvalue weighted by Gasteiger charge is 2.49. The molecule has 0 spiro atoms. The number of hydrogen-bond acceptors (Lipinski definition) is 2. The summed E-state index contributed by atoms with van der Waals surface area (Å²) in [6.45, 7) is 3.44. The molecule has 1 saturated carbocycles. The molecule has 0 aromatic heterocycles. The van der Waals surface area contributed by atoms with Crippen molar-refractivity contribution in [2.24, 2.45) is 5.73 Å². The van der Waals surface area contributed by atoms with Crippen LogP contribution in [-0.4, -0.2) is 11.1 Å². The van der Waals surface area contributed by atoms with Crippen molar-refractivity contribution >= 4 is 0 Å². The van der Waals surface area contributed by atoms with Crippen LogP contribution in [0.3, 0.4) is 0 Å². The van der Waals surface area contributed by atoms with Crippen molar-refractivity contribution < 1.29 is 9.50 Å². The fourth-order valence-corrected chi connectivity index (χ4v) is 2.30. The summed E-state index contributed by atoms with van der Waals surface area (Å²) in [5, 5.41) is 9.86. The van der Waals surface area contributed by atoms with E-state index in [1.807, 2.05) is 6.92 Å². The van der Waals surface area contributed by atoms with Crippen LogP contribution in [0.15, 0.2) is 18.2 Å². The standard InChI is InChI=1S/C13H18FNO/c1-8(14)10-3-4-12(16)11(7-10)13(5-6-13)9(2)15/h3-4,7-9,16H,5-6,15H2,1-2H3. The first-order valence-electron chi connectivity index (χ1n) is 5.70. The third-order valence-corrected chi connectivity index (χ3v) is 3.68. The molecule has 2 atom stereocenters. The summed E-state index contributed by atoms with van der Waals surface area (Å²) >= 11 is 0. The second-order valence-corrected chi connectivity index (χ2v) is 4.84. The van der Waals surface area contributed by atoms with Crippen molar-refractivity contribution in [2.45, 2.75) is 44.3 Å². The first-order chi connectivity index (χ1) is 7.47. The lowest BCUT2D eigenvalue weighted by atomic mass is 9.87. The second-order valence-electron chi connectivity index (χ2n) is 4.84. The maximum Gasteiger partial charge on any atom is 0.122 e. The predicted octanol–water partition coefficient (Wildman–Crippen LogP) is 2.80. The number of phenolic OH excluding ortho intramolecular Hbond substituents is 1. The number of aromatic hydroxyl groups is 1. The average molecular weight is 223 g/mol. The molecule has 0 saturated heterocycles. The van der Waals surface area contributed by atoms with E-state index < -0.39 is 6.17 Å². The molecular weight excluding hydrogens is 205 g/mol. The van der Waals surface area contributed by atoms with Crippen LogP contribution in [0.5, 0.6) is 5.75 Å². The minimum absolute atomic E-state index is 0.0106. The molecular formula is C13H18FNO. The van der Waals surface area contributed by atoms with Crippen LogP contribution in [0.25, 0.3) is 0 Å². The van der Waals surface area contributed by atoms with E-state index in [1.165, 1.54) is 6.92 Å². The molecule has 0 radical (unpaired) electrons. The van der Waals surface area contributed by atoms with Gasteiger partial charge >= 0.3 is 0 Å². The highest BCUT2D eigenvalue weighted by atomic mass is 19.1. The molecule has 2 nitrogen and oxygen atoms in total. The Bertz CT molecular complexity index is 397. The summed E-state index contributed by atoms with van der Waals surface area (Å²) in [6, 6.07) is 4.95. The molecule has 0 aliphatic heterocycles. The molecule has 0 heterocycles. The van der Waals surface area contributed by atoms with Crippen LogP contribution in [0.4, 0.5) is 4.39 Å². The SMILES string of the molecule is CC(F)c1ccc(O)c(C2(C(C)N)CC2)c1. The number of rotatable bonds is 3. The molecule has 1 aliphatic rings. The maximum absolute atomic E-state index is 13.2. The molecule has 16 heavy (non-hydrogen) atoms. The maximum atomic E-state index is 13.2. The highest BCUT2D eigenvalue weighted by molar-refractivity contribution is 5.46. The molecule has 2 unspecified atom stereocenters. The summed E-state index contributed by atoms with van der Waals surface area (Å²) in [7, 11) is 0. The number of nitrogens with two attached hydrogens (primary N) is 1. The van der Waals surface area contributed by atoms with Gasteiger partial charge in [-0.1, -0.05) is 6.07 Å². The van der Waals surface area contributed by atoms with E-state index in [0.29, 0.717) is 5.56 Å². The van der Waals surface area contributed by atoms with Gasteiger partial charge in [-0.25, -0.2) is 4.39 Å². The van der Waals surface area contributed by atoms with E-state index in [9.17, 15) is 9.50 Å². The monoisotopic (exact) mass is 223 g/mol. The van der Waals surface area contributed by atoms with E-state index in [2.05, 4.69) is 0 Å². The van der Waals surface area contributed by atoms with Gasteiger partial charge in [-0.2, -0.15) is 0 Å². The van der Waals surface area contributed by atoms with Crippen molar-refractivity contribution in [3.63, 3.8) is 0 Å².